The quantitative estimate of drug-likeness (QED) is 0.613. The summed E-state index contributed by atoms with van der Waals surface area (Å²) >= 11 is 1.11. The smallest absolute Gasteiger partial charge is 0.273 e. The Labute approximate surface area is 192 Å². The summed E-state index contributed by atoms with van der Waals surface area (Å²) < 4.78 is 27.6. The van der Waals surface area contributed by atoms with Crippen LogP contribution in [0.1, 0.15) is 27.2 Å². The van der Waals surface area contributed by atoms with Crippen LogP contribution in [-0.2, 0) is 10.0 Å². The molecule has 0 spiro atoms. The molecular weight excluding hydrogens is 444 g/mol. The van der Waals surface area contributed by atoms with Crippen LogP contribution < -0.4 is 9.62 Å². The van der Waals surface area contributed by atoms with E-state index >= 15 is 0 Å². The zero-order valence-corrected chi connectivity index (χ0v) is 20.0. The number of thiazole rings is 1. The molecular formula is C23H26N4O3S2. The van der Waals surface area contributed by atoms with Crippen molar-refractivity contribution >= 4 is 38.1 Å². The van der Waals surface area contributed by atoms with Gasteiger partial charge in [0, 0.05) is 37.2 Å². The van der Waals surface area contributed by atoms with Gasteiger partial charge in [0.2, 0.25) is 0 Å². The Morgan fingerprint density at radius 2 is 1.62 bits per heavy atom. The lowest BCUT2D eigenvalue weighted by Gasteiger charge is -2.36. The van der Waals surface area contributed by atoms with Crippen LogP contribution in [0.2, 0.25) is 0 Å². The number of aromatic nitrogens is 1. The molecule has 0 bridgehead atoms. The highest BCUT2D eigenvalue weighted by atomic mass is 32.2. The first kappa shape index (κ1) is 22.3. The fourth-order valence-corrected chi connectivity index (χ4v) is 5.62. The summed E-state index contributed by atoms with van der Waals surface area (Å²) in [7, 11) is -3.75. The summed E-state index contributed by atoms with van der Waals surface area (Å²) in [5, 5.41) is 1.79. The van der Waals surface area contributed by atoms with E-state index in [9.17, 15) is 13.2 Å². The SMILES string of the molecule is Cc1ccc(S(=O)(=O)Nc2nc(C(=O)N3CCN(c4cc(C)ccc4C)CC3)cs2)cc1. The van der Waals surface area contributed by atoms with E-state index in [1.54, 1.807) is 34.5 Å². The summed E-state index contributed by atoms with van der Waals surface area (Å²) in [6.07, 6.45) is 0. The average molecular weight is 471 g/mol. The van der Waals surface area contributed by atoms with Crippen molar-refractivity contribution in [2.24, 2.45) is 0 Å². The molecule has 1 N–H and O–H groups in total. The number of aryl methyl sites for hydroxylation is 3. The zero-order valence-electron chi connectivity index (χ0n) is 18.3. The van der Waals surface area contributed by atoms with E-state index in [-0.39, 0.29) is 21.6 Å². The number of sulfonamides is 1. The number of hydrogen-bond donors (Lipinski definition) is 1. The lowest BCUT2D eigenvalue weighted by molar-refractivity contribution is 0.0741. The minimum Gasteiger partial charge on any atom is -0.368 e. The molecule has 32 heavy (non-hydrogen) atoms. The summed E-state index contributed by atoms with van der Waals surface area (Å²) in [6.45, 7) is 8.74. The lowest BCUT2D eigenvalue weighted by atomic mass is 10.1. The van der Waals surface area contributed by atoms with Gasteiger partial charge in [-0.05, 0) is 50.1 Å². The molecule has 1 aromatic heterocycles. The van der Waals surface area contributed by atoms with E-state index in [0.717, 1.165) is 30.0 Å². The first-order valence-corrected chi connectivity index (χ1v) is 12.8. The van der Waals surface area contributed by atoms with Crippen molar-refractivity contribution in [1.82, 2.24) is 9.88 Å². The Balaban J connectivity index is 1.40. The highest BCUT2D eigenvalue weighted by Gasteiger charge is 2.25. The second-order valence-corrected chi connectivity index (χ2v) is 10.6. The standard InChI is InChI=1S/C23H26N4O3S2/c1-16-5-8-19(9-6-16)32(29,30)25-23-24-20(15-31-23)22(28)27-12-10-26(11-13-27)21-14-17(2)4-7-18(21)3/h4-9,14-15H,10-13H2,1-3H3,(H,24,25). The molecule has 2 aromatic carbocycles. The Kier molecular flexibility index (Phi) is 6.21. The van der Waals surface area contributed by atoms with E-state index in [0.29, 0.717) is 13.1 Å². The first-order valence-electron chi connectivity index (χ1n) is 10.4. The van der Waals surface area contributed by atoms with Crippen molar-refractivity contribution < 1.29 is 13.2 Å². The molecule has 4 rings (SSSR count). The van der Waals surface area contributed by atoms with Gasteiger partial charge in [-0.2, -0.15) is 0 Å². The van der Waals surface area contributed by atoms with Crippen LogP contribution in [-0.4, -0.2) is 50.4 Å². The molecule has 1 amide bonds. The monoisotopic (exact) mass is 470 g/mol. The van der Waals surface area contributed by atoms with Gasteiger partial charge in [-0.1, -0.05) is 29.8 Å². The Hall–Kier alpha value is -2.91. The maximum Gasteiger partial charge on any atom is 0.273 e. The van der Waals surface area contributed by atoms with Gasteiger partial charge in [-0.3, -0.25) is 9.52 Å². The van der Waals surface area contributed by atoms with E-state index < -0.39 is 10.0 Å². The maximum absolute atomic E-state index is 12.9. The van der Waals surface area contributed by atoms with Gasteiger partial charge < -0.3 is 9.80 Å². The molecule has 3 aromatic rings. The van der Waals surface area contributed by atoms with Gasteiger partial charge in [0.1, 0.15) is 5.69 Å². The third-order valence-electron chi connectivity index (χ3n) is 5.55. The summed E-state index contributed by atoms with van der Waals surface area (Å²) in [5.74, 6) is -0.178. The van der Waals surface area contributed by atoms with Gasteiger partial charge in [0.05, 0.1) is 4.90 Å². The minimum atomic E-state index is -3.75. The third kappa shape index (κ3) is 4.78. The van der Waals surface area contributed by atoms with Crippen LogP contribution >= 0.6 is 11.3 Å². The highest BCUT2D eigenvalue weighted by Crippen LogP contribution is 2.25. The van der Waals surface area contributed by atoms with E-state index in [2.05, 4.69) is 46.7 Å². The van der Waals surface area contributed by atoms with Gasteiger partial charge >= 0.3 is 0 Å². The largest absolute Gasteiger partial charge is 0.368 e. The summed E-state index contributed by atoms with van der Waals surface area (Å²) in [6, 6.07) is 13.0. The number of benzene rings is 2. The number of amides is 1. The lowest BCUT2D eigenvalue weighted by Crippen LogP contribution is -2.49. The van der Waals surface area contributed by atoms with E-state index in [1.165, 1.54) is 16.8 Å². The predicted octanol–water partition coefficient (Wildman–Crippen LogP) is 3.83. The number of piperazine rings is 1. The van der Waals surface area contributed by atoms with Gasteiger partial charge in [-0.15, -0.1) is 11.3 Å². The number of nitrogens with one attached hydrogen (secondary N) is 1. The first-order chi connectivity index (χ1) is 15.2. The fourth-order valence-electron chi connectivity index (χ4n) is 3.68. The van der Waals surface area contributed by atoms with Crippen molar-refractivity contribution in [3.63, 3.8) is 0 Å². The van der Waals surface area contributed by atoms with Crippen LogP contribution in [0.4, 0.5) is 10.8 Å². The van der Waals surface area contributed by atoms with Crippen molar-refractivity contribution in [1.29, 1.82) is 0 Å². The second-order valence-electron chi connectivity index (χ2n) is 8.03. The van der Waals surface area contributed by atoms with E-state index in [4.69, 9.17) is 0 Å². The topological polar surface area (TPSA) is 82.6 Å². The van der Waals surface area contributed by atoms with Crippen molar-refractivity contribution in [3.8, 4) is 0 Å². The number of hydrogen-bond acceptors (Lipinski definition) is 6. The zero-order chi connectivity index (χ0) is 22.9. The molecule has 0 atom stereocenters. The number of nitrogens with zero attached hydrogens (tertiary/aromatic N) is 3. The third-order valence-corrected chi connectivity index (χ3v) is 7.79. The molecule has 7 nitrogen and oxygen atoms in total. The number of carbonyl (C=O) groups excluding carboxylic acids is 1. The molecule has 2 heterocycles. The maximum atomic E-state index is 12.9. The number of anilines is 2. The average Bonchev–Trinajstić information content (AvgIpc) is 3.23. The Bertz CT molecular complexity index is 1230. The van der Waals surface area contributed by atoms with Gasteiger partial charge in [0.25, 0.3) is 15.9 Å². The molecule has 1 aliphatic heterocycles. The van der Waals surface area contributed by atoms with Crippen LogP contribution in [0.3, 0.4) is 0 Å². The van der Waals surface area contributed by atoms with Gasteiger partial charge in [0.15, 0.2) is 5.13 Å². The Morgan fingerprint density at radius 3 is 2.31 bits per heavy atom. The molecule has 0 unspecified atom stereocenters. The molecule has 1 saturated heterocycles. The molecule has 0 radical (unpaired) electrons. The fraction of sp³-hybridized carbons (Fsp3) is 0.304. The summed E-state index contributed by atoms with van der Waals surface area (Å²) in [5.41, 5.74) is 4.88. The van der Waals surface area contributed by atoms with Gasteiger partial charge in [-0.25, -0.2) is 13.4 Å². The Morgan fingerprint density at radius 1 is 0.969 bits per heavy atom. The van der Waals surface area contributed by atoms with Crippen molar-refractivity contribution in [3.05, 3.63) is 70.2 Å². The highest BCUT2D eigenvalue weighted by molar-refractivity contribution is 7.93. The van der Waals surface area contributed by atoms with Crippen LogP contribution in [0.25, 0.3) is 0 Å². The van der Waals surface area contributed by atoms with Crippen LogP contribution in [0.15, 0.2) is 52.7 Å². The number of rotatable bonds is 5. The van der Waals surface area contributed by atoms with Crippen molar-refractivity contribution in [2.75, 3.05) is 35.8 Å². The summed E-state index contributed by atoms with van der Waals surface area (Å²) in [4.78, 5) is 21.4. The molecule has 9 heteroatoms. The molecule has 1 fully saturated rings. The van der Waals surface area contributed by atoms with Crippen LogP contribution in [0.5, 0.6) is 0 Å². The second kappa shape index (κ2) is 8.91. The van der Waals surface area contributed by atoms with Crippen molar-refractivity contribution in [2.45, 2.75) is 25.7 Å². The molecule has 0 aliphatic carbocycles. The van der Waals surface area contributed by atoms with Crippen LogP contribution in [0, 0.1) is 20.8 Å². The predicted molar refractivity (Wildman–Crippen MR) is 128 cm³/mol. The van der Waals surface area contributed by atoms with E-state index in [1.807, 2.05) is 6.92 Å². The number of carbonyl (C=O) groups is 1. The molecule has 0 saturated carbocycles. The molecule has 1 aliphatic rings. The molecule has 168 valence electrons. The minimum absolute atomic E-state index is 0.161. The normalized spacial score (nSPS) is 14.5.